The minimum atomic E-state index is 0.524. The summed E-state index contributed by atoms with van der Waals surface area (Å²) in [4.78, 5) is 2.99. The number of rotatable bonds is 0. The second-order valence-electron chi connectivity index (χ2n) is 6.79. The molecule has 4 rings (SSSR count). The molecule has 1 heteroatoms. The van der Waals surface area contributed by atoms with Crippen LogP contribution >= 0.6 is 0 Å². The lowest BCUT2D eigenvalue weighted by Crippen LogP contribution is -2.73. The van der Waals surface area contributed by atoms with E-state index in [9.17, 15) is 0 Å². The summed E-state index contributed by atoms with van der Waals surface area (Å²) in [5.74, 6) is 0.857. The van der Waals surface area contributed by atoms with E-state index < -0.39 is 0 Å². The zero-order valence-corrected chi connectivity index (χ0v) is 10.4. The predicted molar refractivity (Wildman–Crippen MR) is 66.3 cm³/mol. The zero-order valence-electron chi connectivity index (χ0n) is 10.4. The van der Waals surface area contributed by atoms with Gasteiger partial charge in [0.2, 0.25) is 0 Å². The van der Waals surface area contributed by atoms with Crippen LogP contribution in [0.25, 0.3) is 0 Å². The normalized spacial score (nSPS) is 55.1. The minimum absolute atomic E-state index is 0.524. The smallest absolute Gasteiger partial charge is 0.0289 e. The molecule has 4 bridgehead atoms. The third-order valence-electron chi connectivity index (χ3n) is 6.15. The predicted octanol–water partition coefficient (Wildman–Crippen LogP) is 3.50. The molecule has 0 radical (unpaired) electrons. The molecule has 4 aliphatic rings. The Hall–Kier alpha value is -0.300. The second-order valence-corrected chi connectivity index (χ2v) is 6.79. The van der Waals surface area contributed by atoms with Gasteiger partial charge in [0.1, 0.15) is 0 Å². The number of hydrogen-bond acceptors (Lipinski definition) is 1. The Morgan fingerprint density at radius 1 is 1.00 bits per heavy atom. The topological polar surface area (TPSA) is 3.24 Å². The van der Waals surface area contributed by atoms with Gasteiger partial charge >= 0.3 is 0 Å². The van der Waals surface area contributed by atoms with Crippen molar-refractivity contribution < 1.29 is 0 Å². The number of hydrogen-bond donors (Lipinski definition) is 0. The van der Waals surface area contributed by atoms with E-state index in [4.69, 9.17) is 0 Å². The molecule has 4 atom stereocenters. The van der Waals surface area contributed by atoms with Crippen molar-refractivity contribution in [1.82, 2.24) is 4.90 Å². The summed E-state index contributed by atoms with van der Waals surface area (Å²) in [6.45, 7) is 2.56. The summed E-state index contributed by atoms with van der Waals surface area (Å²) in [5, 5.41) is 0. The molecule has 4 heterocycles. The molecular formula is C15H23N. The molecule has 0 unspecified atom stereocenters. The van der Waals surface area contributed by atoms with Gasteiger partial charge in [-0.05, 0) is 64.2 Å². The second kappa shape index (κ2) is 2.93. The van der Waals surface area contributed by atoms with Gasteiger partial charge in [0.25, 0.3) is 0 Å². The molecule has 0 spiro atoms. The van der Waals surface area contributed by atoms with Crippen molar-refractivity contribution in [2.45, 2.75) is 75.4 Å². The lowest BCUT2D eigenvalue weighted by atomic mass is 9.58. The highest BCUT2D eigenvalue weighted by atomic mass is 15.3. The van der Waals surface area contributed by atoms with Gasteiger partial charge in [-0.15, -0.1) is 0 Å². The summed E-state index contributed by atoms with van der Waals surface area (Å²) >= 11 is 0. The van der Waals surface area contributed by atoms with Gasteiger partial charge in [-0.3, -0.25) is 4.90 Å². The van der Waals surface area contributed by atoms with E-state index in [1.165, 1.54) is 51.4 Å². The highest BCUT2D eigenvalue weighted by Crippen LogP contribution is 2.58. The summed E-state index contributed by atoms with van der Waals surface area (Å²) < 4.78 is 0. The Morgan fingerprint density at radius 2 is 1.88 bits per heavy atom. The largest absolute Gasteiger partial charge is 0.285 e. The molecule has 0 saturated carbocycles. The van der Waals surface area contributed by atoms with E-state index in [1.807, 2.05) is 0 Å². The molecule has 88 valence electrons. The van der Waals surface area contributed by atoms with Gasteiger partial charge in [0.15, 0.2) is 0 Å². The Labute approximate surface area is 98.9 Å². The quantitative estimate of drug-likeness (QED) is 0.561. The molecule has 0 aromatic carbocycles. The standard InChI is InChI=1S/C15H23N/c1-14-8-3-10-15-9-2-4-13(16(14)15)6-5-12(14)7-11-15/h5-6,12-13H,2-4,7-11H2,1H3/t12-,13-,14+,15-/m0/s1. The molecule has 0 N–H and O–H groups in total. The highest BCUT2D eigenvalue weighted by Gasteiger charge is 2.59. The van der Waals surface area contributed by atoms with Gasteiger partial charge in [0.05, 0.1) is 0 Å². The van der Waals surface area contributed by atoms with Gasteiger partial charge in [0, 0.05) is 17.1 Å². The summed E-state index contributed by atoms with van der Waals surface area (Å²) in [7, 11) is 0. The molecule has 0 aromatic rings. The van der Waals surface area contributed by atoms with Crippen LogP contribution in [-0.2, 0) is 0 Å². The van der Waals surface area contributed by atoms with Crippen molar-refractivity contribution >= 4 is 0 Å². The number of piperidine rings is 3. The lowest BCUT2D eigenvalue weighted by molar-refractivity contribution is -0.157. The summed E-state index contributed by atoms with van der Waals surface area (Å²) in [6.07, 6.45) is 16.8. The SMILES string of the molecule is C[C@@]12CCC[C@@]34CCC[C@@H](C=C[C@H]1CC3)N42. The third-order valence-corrected chi connectivity index (χ3v) is 6.15. The van der Waals surface area contributed by atoms with Crippen LogP contribution in [0, 0.1) is 5.92 Å². The Morgan fingerprint density at radius 3 is 2.81 bits per heavy atom. The van der Waals surface area contributed by atoms with Gasteiger partial charge in [-0.25, -0.2) is 0 Å². The molecule has 4 aliphatic heterocycles. The fraction of sp³-hybridized carbons (Fsp3) is 0.867. The van der Waals surface area contributed by atoms with Crippen LogP contribution in [0.1, 0.15) is 58.3 Å². The number of nitrogens with zero attached hydrogens (tertiary/aromatic N) is 1. The van der Waals surface area contributed by atoms with Crippen LogP contribution in [-0.4, -0.2) is 22.0 Å². The van der Waals surface area contributed by atoms with Crippen molar-refractivity contribution in [3.05, 3.63) is 12.2 Å². The van der Waals surface area contributed by atoms with Crippen LogP contribution in [0.5, 0.6) is 0 Å². The average molecular weight is 217 g/mol. The van der Waals surface area contributed by atoms with Crippen molar-refractivity contribution in [1.29, 1.82) is 0 Å². The molecule has 3 fully saturated rings. The van der Waals surface area contributed by atoms with Crippen molar-refractivity contribution in [3.63, 3.8) is 0 Å². The molecular weight excluding hydrogens is 194 g/mol. The van der Waals surface area contributed by atoms with Gasteiger partial charge in [-0.1, -0.05) is 12.2 Å². The Bertz CT molecular complexity index is 343. The molecule has 1 nitrogen and oxygen atoms in total. The zero-order chi connectivity index (χ0) is 10.8. The van der Waals surface area contributed by atoms with E-state index in [0.29, 0.717) is 11.1 Å². The van der Waals surface area contributed by atoms with E-state index in [1.54, 1.807) is 0 Å². The van der Waals surface area contributed by atoms with Crippen molar-refractivity contribution in [2.24, 2.45) is 5.92 Å². The van der Waals surface area contributed by atoms with Crippen LogP contribution in [0.3, 0.4) is 0 Å². The fourth-order valence-corrected chi connectivity index (χ4v) is 5.52. The third kappa shape index (κ3) is 0.971. The first-order chi connectivity index (χ1) is 7.75. The van der Waals surface area contributed by atoms with Crippen molar-refractivity contribution in [2.75, 3.05) is 0 Å². The molecule has 0 aromatic heterocycles. The highest BCUT2D eigenvalue weighted by molar-refractivity contribution is 5.23. The van der Waals surface area contributed by atoms with E-state index >= 15 is 0 Å². The molecule has 0 amide bonds. The fourth-order valence-electron chi connectivity index (χ4n) is 5.52. The van der Waals surface area contributed by atoms with Gasteiger partial charge in [-0.2, -0.15) is 0 Å². The van der Waals surface area contributed by atoms with E-state index in [-0.39, 0.29) is 0 Å². The van der Waals surface area contributed by atoms with Gasteiger partial charge < -0.3 is 0 Å². The molecule has 16 heavy (non-hydrogen) atoms. The monoisotopic (exact) mass is 217 g/mol. The Balaban J connectivity index is 1.89. The first-order valence-electron chi connectivity index (χ1n) is 7.22. The first-order valence-corrected chi connectivity index (χ1v) is 7.22. The molecule has 0 aliphatic carbocycles. The molecule has 3 saturated heterocycles. The first kappa shape index (κ1) is 9.70. The van der Waals surface area contributed by atoms with Crippen LogP contribution in [0.2, 0.25) is 0 Å². The summed E-state index contributed by atoms with van der Waals surface area (Å²) in [6, 6.07) is 0.788. The average Bonchev–Trinajstić information content (AvgIpc) is 2.26. The Kier molecular flexibility index (Phi) is 1.78. The van der Waals surface area contributed by atoms with E-state index in [0.717, 1.165) is 12.0 Å². The van der Waals surface area contributed by atoms with Crippen LogP contribution < -0.4 is 0 Å². The van der Waals surface area contributed by atoms with Crippen LogP contribution in [0.15, 0.2) is 12.2 Å². The summed E-state index contributed by atoms with van der Waals surface area (Å²) in [5.41, 5.74) is 1.15. The van der Waals surface area contributed by atoms with E-state index in [2.05, 4.69) is 24.0 Å². The minimum Gasteiger partial charge on any atom is -0.285 e. The maximum Gasteiger partial charge on any atom is 0.0289 e. The lowest BCUT2D eigenvalue weighted by Gasteiger charge is -2.68. The maximum absolute atomic E-state index is 2.99. The van der Waals surface area contributed by atoms with Crippen molar-refractivity contribution in [3.8, 4) is 0 Å². The maximum atomic E-state index is 2.99. The van der Waals surface area contributed by atoms with Crippen LogP contribution in [0.4, 0.5) is 0 Å².